The van der Waals surface area contributed by atoms with Crippen LogP contribution in [0.3, 0.4) is 0 Å². The van der Waals surface area contributed by atoms with Crippen LogP contribution >= 0.6 is 23.2 Å². The predicted molar refractivity (Wildman–Crippen MR) is 95.3 cm³/mol. The molecule has 2 aromatic carbocycles. The molecule has 1 aliphatic heterocycles. The van der Waals surface area contributed by atoms with Crippen LogP contribution < -0.4 is 10.6 Å². The molecule has 0 radical (unpaired) electrons. The van der Waals surface area contributed by atoms with Gasteiger partial charge in [-0.1, -0.05) is 29.3 Å². The highest BCUT2D eigenvalue weighted by molar-refractivity contribution is 6.42. The molecule has 0 unspecified atom stereocenters. The average Bonchev–Trinajstić information content (AvgIpc) is 2.63. The van der Waals surface area contributed by atoms with Crippen LogP contribution in [0.15, 0.2) is 36.4 Å². The number of imide groups is 1. The summed E-state index contributed by atoms with van der Waals surface area (Å²) in [6.07, 6.45) is 0.449. The van der Waals surface area contributed by atoms with E-state index >= 15 is 0 Å². The van der Waals surface area contributed by atoms with Crippen LogP contribution in [0.5, 0.6) is 0 Å². The van der Waals surface area contributed by atoms with E-state index in [1.807, 2.05) is 0 Å². The fourth-order valence-electron chi connectivity index (χ4n) is 2.63. The van der Waals surface area contributed by atoms with Gasteiger partial charge >= 0.3 is 11.8 Å². The molecule has 5 nitrogen and oxygen atoms in total. The summed E-state index contributed by atoms with van der Waals surface area (Å²) >= 11 is 11.7. The van der Waals surface area contributed by atoms with E-state index in [9.17, 15) is 23.2 Å². The van der Waals surface area contributed by atoms with Gasteiger partial charge in [0.15, 0.2) is 0 Å². The summed E-state index contributed by atoms with van der Waals surface area (Å²) in [5.41, 5.74) is -0.366. The largest absolute Gasteiger partial charge is 0.352 e. The lowest BCUT2D eigenvalue weighted by Gasteiger charge is -2.24. The molecule has 0 spiro atoms. The van der Waals surface area contributed by atoms with Gasteiger partial charge in [-0.05, 0) is 42.3 Å². The number of rotatable bonds is 4. The fraction of sp³-hybridized carbons (Fsp3) is 0.167. The highest BCUT2D eigenvalue weighted by atomic mass is 35.5. The van der Waals surface area contributed by atoms with Gasteiger partial charge in [0.25, 0.3) is 11.8 Å². The second-order valence-electron chi connectivity index (χ2n) is 5.87. The first kappa shape index (κ1) is 19.3. The highest BCUT2D eigenvalue weighted by Crippen LogP contribution is 2.34. The molecule has 2 N–H and O–H groups in total. The van der Waals surface area contributed by atoms with E-state index in [2.05, 4.69) is 5.32 Å². The first-order valence-electron chi connectivity index (χ1n) is 7.80. The van der Waals surface area contributed by atoms with Crippen LogP contribution in [-0.4, -0.2) is 24.3 Å². The summed E-state index contributed by atoms with van der Waals surface area (Å²) < 4.78 is 28.1. The van der Waals surface area contributed by atoms with Crippen molar-refractivity contribution in [2.45, 2.75) is 12.3 Å². The normalized spacial score (nSPS) is 15.1. The Morgan fingerprint density at radius 3 is 2.52 bits per heavy atom. The number of amides is 3. The quantitative estimate of drug-likeness (QED) is 0.756. The van der Waals surface area contributed by atoms with Gasteiger partial charge < -0.3 is 5.32 Å². The lowest BCUT2D eigenvalue weighted by molar-refractivity contribution is -0.146. The van der Waals surface area contributed by atoms with Crippen molar-refractivity contribution in [2.75, 3.05) is 6.54 Å². The maximum absolute atomic E-state index is 14.0. The molecular weight excluding hydrogens is 401 g/mol. The first-order valence-corrected chi connectivity index (χ1v) is 8.56. The van der Waals surface area contributed by atoms with E-state index in [-0.39, 0.29) is 17.7 Å². The number of fused-ring (bicyclic) bond motifs is 1. The van der Waals surface area contributed by atoms with Crippen molar-refractivity contribution in [1.82, 2.24) is 10.6 Å². The Morgan fingerprint density at radius 2 is 1.81 bits per heavy atom. The van der Waals surface area contributed by atoms with Crippen molar-refractivity contribution in [3.05, 3.63) is 68.7 Å². The summed E-state index contributed by atoms with van der Waals surface area (Å²) in [5.74, 6) is -7.13. The summed E-state index contributed by atoms with van der Waals surface area (Å²) in [7, 11) is 0. The molecular formula is C18H12Cl2F2N2O3. The zero-order valence-corrected chi connectivity index (χ0v) is 15.1. The molecule has 0 saturated heterocycles. The summed E-state index contributed by atoms with van der Waals surface area (Å²) in [6.45, 7) is 0.226. The standard InChI is InChI=1S/C18H12Cl2F2N2O3/c19-13-4-1-9(7-14(13)20)5-6-23-15(25)10-2-3-11-12(8-10)18(21,22)17(27)24-16(11)26/h1-4,7-8H,5-6H2,(H,23,25)(H,24,26,27). The second kappa shape index (κ2) is 7.25. The SMILES string of the molecule is O=C(NCCc1ccc(Cl)c(Cl)c1)c1ccc2c(c1)C(F)(F)C(=O)NC2=O. The van der Waals surface area contributed by atoms with E-state index in [1.54, 1.807) is 23.5 Å². The highest BCUT2D eigenvalue weighted by Gasteiger charge is 2.48. The molecule has 9 heteroatoms. The van der Waals surface area contributed by atoms with Gasteiger partial charge in [-0.2, -0.15) is 8.78 Å². The molecule has 0 atom stereocenters. The molecule has 27 heavy (non-hydrogen) atoms. The number of benzene rings is 2. The molecule has 3 amide bonds. The Labute approximate surface area is 162 Å². The van der Waals surface area contributed by atoms with Gasteiger partial charge in [0.2, 0.25) is 0 Å². The number of carbonyl (C=O) groups excluding carboxylic acids is 3. The average molecular weight is 413 g/mol. The lowest BCUT2D eigenvalue weighted by atomic mass is 9.94. The summed E-state index contributed by atoms with van der Waals surface area (Å²) in [4.78, 5) is 35.2. The van der Waals surface area contributed by atoms with E-state index in [1.165, 1.54) is 6.07 Å². The topological polar surface area (TPSA) is 75.3 Å². The summed E-state index contributed by atoms with van der Waals surface area (Å²) in [5, 5.41) is 4.98. The number of hydrogen-bond acceptors (Lipinski definition) is 3. The van der Waals surface area contributed by atoms with Crippen molar-refractivity contribution in [1.29, 1.82) is 0 Å². The Kier molecular flexibility index (Phi) is 5.17. The van der Waals surface area contributed by atoms with E-state index < -0.39 is 29.2 Å². The van der Waals surface area contributed by atoms with Crippen LogP contribution in [0.1, 0.15) is 31.8 Å². The van der Waals surface area contributed by atoms with Gasteiger partial charge in [-0.15, -0.1) is 0 Å². The number of hydrogen-bond donors (Lipinski definition) is 2. The van der Waals surface area contributed by atoms with E-state index in [0.29, 0.717) is 16.5 Å². The van der Waals surface area contributed by atoms with Crippen molar-refractivity contribution >= 4 is 40.9 Å². The monoisotopic (exact) mass is 412 g/mol. The van der Waals surface area contributed by atoms with Crippen molar-refractivity contribution in [3.63, 3.8) is 0 Å². The Balaban J connectivity index is 1.72. The maximum Gasteiger partial charge on any atom is 0.351 e. The van der Waals surface area contributed by atoms with Gasteiger partial charge in [0.05, 0.1) is 10.0 Å². The van der Waals surface area contributed by atoms with Crippen molar-refractivity contribution in [3.8, 4) is 0 Å². The third kappa shape index (κ3) is 3.79. The van der Waals surface area contributed by atoms with Gasteiger partial charge in [-0.25, -0.2) is 0 Å². The van der Waals surface area contributed by atoms with Crippen LogP contribution in [0.2, 0.25) is 10.0 Å². The van der Waals surface area contributed by atoms with Crippen molar-refractivity contribution < 1.29 is 23.2 Å². The molecule has 0 bridgehead atoms. The molecule has 1 heterocycles. The van der Waals surface area contributed by atoms with Gasteiger partial charge in [0.1, 0.15) is 0 Å². The molecule has 1 aliphatic rings. The zero-order chi connectivity index (χ0) is 19.8. The number of carbonyl (C=O) groups is 3. The molecule has 2 aromatic rings. The van der Waals surface area contributed by atoms with Crippen LogP contribution in [-0.2, 0) is 17.1 Å². The number of nitrogens with one attached hydrogen (secondary N) is 2. The summed E-state index contributed by atoms with van der Waals surface area (Å²) in [6, 6.07) is 8.26. The second-order valence-corrected chi connectivity index (χ2v) is 6.69. The van der Waals surface area contributed by atoms with E-state index in [0.717, 1.165) is 17.7 Å². The number of alkyl halides is 2. The third-order valence-electron chi connectivity index (χ3n) is 4.06. The minimum atomic E-state index is -3.89. The number of halogens is 4. The van der Waals surface area contributed by atoms with Gasteiger partial charge in [-0.3, -0.25) is 19.7 Å². The maximum atomic E-state index is 14.0. The predicted octanol–water partition coefficient (Wildman–Crippen LogP) is 3.33. The van der Waals surface area contributed by atoms with Crippen LogP contribution in [0.4, 0.5) is 8.78 Å². The Morgan fingerprint density at radius 1 is 1.07 bits per heavy atom. The molecule has 0 aliphatic carbocycles. The Bertz CT molecular complexity index is 964. The Hall–Kier alpha value is -2.51. The molecule has 0 aromatic heterocycles. The molecule has 140 valence electrons. The lowest BCUT2D eigenvalue weighted by Crippen LogP contribution is -2.47. The third-order valence-corrected chi connectivity index (χ3v) is 4.80. The molecule has 0 saturated carbocycles. The zero-order valence-electron chi connectivity index (χ0n) is 13.6. The fourth-order valence-corrected chi connectivity index (χ4v) is 2.95. The first-order chi connectivity index (χ1) is 12.7. The van der Waals surface area contributed by atoms with Crippen molar-refractivity contribution in [2.24, 2.45) is 0 Å². The minimum Gasteiger partial charge on any atom is -0.352 e. The van der Waals surface area contributed by atoms with E-state index in [4.69, 9.17) is 23.2 Å². The minimum absolute atomic E-state index is 0.0786. The van der Waals surface area contributed by atoms with Crippen LogP contribution in [0.25, 0.3) is 0 Å². The van der Waals surface area contributed by atoms with Gasteiger partial charge in [0, 0.05) is 23.2 Å². The molecule has 0 fully saturated rings. The van der Waals surface area contributed by atoms with Crippen LogP contribution in [0, 0.1) is 0 Å². The smallest absolute Gasteiger partial charge is 0.351 e. The molecule has 3 rings (SSSR count).